The van der Waals surface area contributed by atoms with Crippen LogP contribution in [0, 0.1) is 11.3 Å². The highest BCUT2D eigenvalue weighted by atomic mass is 16.5. The van der Waals surface area contributed by atoms with Gasteiger partial charge in [0, 0.05) is 5.69 Å². The van der Waals surface area contributed by atoms with Crippen LogP contribution in [0.2, 0.25) is 0 Å². The molecule has 0 atom stereocenters. The first-order valence-electron chi connectivity index (χ1n) is 5.96. The lowest BCUT2D eigenvalue weighted by molar-refractivity contribution is 0.114. The number of aromatic nitrogens is 1. The summed E-state index contributed by atoms with van der Waals surface area (Å²) in [6.45, 7) is 0. The minimum absolute atomic E-state index is 0.291. The number of fused-ring (bicyclic) bond motifs is 1. The number of pyridine rings is 1. The van der Waals surface area contributed by atoms with Crippen LogP contribution in [0.4, 0.5) is 0 Å². The van der Waals surface area contributed by atoms with E-state index >= 15 is 0 Å². The largest absolute Gasteiger partial charge is 0.473 e. The molecule has 0 aromatic carbocycles. The van der Waals surface area contributed by atoms with E-state index in [1.54, 1.807) is 0 Å². The minimum atomic E-state index is 0.291. The normalized spacial score (nSPS) is 18.7. The molecule has 0 bridgehead atoms. The summed E-state index contributed by atoms with van der Waals surface area (Å²) in [5.41, 5.74) is 2.97. The van der Waals surface area contributed by atoms with Crippen LogP contribution < -0.4 is 4.74 Å². The van der Waals surface area contributed by atoms with Gasteiger partial charge in [0.2, 0.25) is 5.88 Å². The molecule has 3 nitrogen and oxygen atoms in total. The van der Waals surface area contributed by atoms with Gasteiger partial charge in [0.25, 0.3) is 0 Å². The van der Waals surface area contributed by atoms with E-state index in [9.17, 15) is 0 Å². The van der Waals surface area contributed by atoms with E-state index in [4.69, 9.17) is 10.00 Å². The van der Waals surface area contributed by atoms with E-state index in [0.717, 1.165) is 37.8 Å². The summed E-state index contributed by atoms with van der Waals surface area (Å²) in [5, 5.41) is 9.08. The minimum Gasteiger partial charge on any atom is -0.473 e. The van der Waals surface area contributed by atoms with Crippen molar-refractivity contribution in [2.24, 2.45) is 0 Å². The van der Waals surface area contributed by atoms with Crippen molar-refractivity contribution in [3.63, 3.8) is 0 Å². The molecule has 16 heavy (non-hydrogen) atoms. The molecule has 0 unspecified atom stereocenters. The second-order valence-corrected chi connectivity index (χ2v) is 4.58. The molecule has 1 heterocycles. The van der Waals surface area contributed by atoms with Crippen molar-refractivity contribution in [1.82, 2.24) is 4.98 Å². The Bertz CT molecular complexity index is 458. The van der Waals surface area contributed by atoms with Crippen LogP contribution in [0.3, 0.4) is 0 Å². The third kappa shape index (κ3) is 1.55. The third-order valence-corrected chi connectivity index (χ3v) is 3.47. The highest BCUT2D eigenvalue weighted by molar-refractivity contribution is 5.44. The van der Waals surface area contributed by atoms with Crippen LogP contribution >= 0.6 is 0 Å². The number of aryl methyl sites for hydroxylation is 2. The zero-order chi connectivity index (χ0) is 11.0. The number of nitrogens with zero attached hydrogens (tertiary/aromatic N) is 2. The fraction of sp³-hybridized carbons (Fsp3) is 0.538. The fourth-order valence-corrected chi connectivity index (χ4v) is 2.27. The molecule has 0 N–H and O–H groups in total. The number of rotatable bonds is 2. The first-order chi connectivity index (χ1) is 7.86. The molecule has 0 spiro atoms. The SMILES string of the molecule is N#Cc1cc2c(nc1OC1CCC1)CCC2. The highest BCUT2D eigenvalue weighted by Gasteiger charge is 2.23. The maximum absolute atomic E-state index is 9.08. The van der Waals surface area contributed by atoms with Gasteiger partial charge in [-0.2, -0.15) is 5.26 Å². The number of ether oxygens (including phenoxy) is 1. The lowest BCUT2D eigenvalue weighted by Crippen LogP contribution is -2.25. The second-order valence-electron chi connectivity index (χ2n) is 4.58. The molecular formula is C13H14N2O. The van der Waals surface area contributed by atoms with Crippen molar-refractivity contribution in [3.05, 3.63) is 22.9 Å². The Labute approximate surface area is 95.1 Å². The standard InChI is InChI=1S/C13H14N2O/c14-8-10-7-9-3-1-6-12(9)15-13(10)16-11-4-2-5-11/h7,11H,1-6H2. The summed E-state index contributed by atoms with van der Waals surface area (Å²) >= 11 is 0. The van der Waals surface area contributed by atoms with Gasteiger partial charge in [-0.25, -0.2) is 4.98 Å². The van der Waals surface area contributed by atoms with Crippen LogP contribution in [0.25, 0.3) is 0 Å². The summed E-state index contributed by atoms with van der Waals surface area (Å²) in [6, 6.07) is 4.15. The summed E-state index contributed by atoms with van der Waals surface area (Å²) in [6.07, 6.45) is 6.97. The maximum Gasteiger partial charge on any atom is 0.232 e. The molecule has 0 amide bonds. The van der Waals surface area contributed by atoms with Crippen molar-refractivity contribution < 1.29 is 4.74 Å². The van der Waals surface area contributed by atoms with Crippen molar-refractivity contribution >= 4 is 0 Å². The summed E-state index contributed by atoms with van der Waals surface area (Å²) in [4.78, 5) is 4.50. The van der Waals surface area contributed by atoms with Gasteiger partial charge in [-0.05, 0) is 50.2 Å². The first kappa shape index (κ1) is 9.65. The van der Waals surface area contributed by atoms with Crippen LogP contribution in [0.5, 0.6) is 5.88 Å². The van der Waals surface area contributed by atoms with E-state index in [2.05, 4.69) is 11.1 Å². The molecule has 3 heteroatoms. The molecule has 0 aliphatic heterocycles. The summed E-state index contributed by atoms with van der Waals surface area (Å²) in [7, 11) is 0. The molecule has 1 aromatic heterocycles. The van der Waals surface area contributed by atoms with Crippen molar-refractivity contribution in [2.75, 3.05) is 0 Å². The molecule has 82 valence electrons. The van der Waals surface area contributed by atoms with Crippen LogP contribution in [0.15, 0.2) is 6.07 Å². The van der Waals surface area contributed by atoms with E-state index in [-0.39, 0.29) is 0 Å². The predicted molar refractivity (Wildman–Crippen MR) is 59.2 cm³/mol. The quantitative estimate of drug-likeness (QED) is 0.759. The molecule has 1 fully saturated rings. The third-order valence-electron chi connectivity index (χ3n) is 3.47. The number of nitriles is 1. The second kappa shape index (κ2) is 3.79. The van der Waals surface area contributed by atoms with Crippen molar-refractivity contribution in [3.8, 4) is 11.9 Å². The van der Waals surface area contributed by atoms with Crippen molar-refractivity contribution in [2.45, 2.75) is 44.6 Å². The van der Waals surface area contributed by atoms with Gasteiger partial charge in [0.15, 0.2) is 0 Å². The summed E-state index contributed by atoms with van der Waals surface area (Å²) in [5.74, 6) is 0.563. The highest BCUT2D eigenvalue weighted by Crippen LogP contribution is 2.30. The molecule has 3 rings (SSSR count). The molecule has 1 saturated carbocycles. The Balaban J connectivity index is 1.93. The molecule has 0 saturated heterocycles. The van der Waals surface area contributed by atoms with E-state index in [0.29, 0.717) is 17.5 Å². The van der Waals surface area contributed by atoms with Gasteiger partial charge in [-0.3, -0.25) is 0 Å². The molecule has 1 aromatic rings. The van der Waals surface area contributed by atoms with Crippen LogP contribution in [0.1, 0.15) is 42.5 Å². The Morgan fingerprint density at radius 2 is 2.19 bits per heavy atom. The predicted octanol–water partition coefficient (Wildman–Crippen LogP) is 2.37. The van der Waals surface area contributed by atoms with Crippen LogP contribution in [-0.2, 0) is 12.8 Å². The number of hydrogen-bond acceptors (Lipinski definition) is 3. The van der Waals surface area contributed by atoms with Gasteiger partial charge in [0.05, 0.1) is 0 Å². The average molecular weight is 214 g/mol. The Morgan fingerprint density at radius 1 is 1.31 bits per heavy atom. The zero-order valence-corrected chi connectivity index (χ0v) is 9.20. The molecule has 2 aliphatic carbocycles. The van der Waals surface area contributed by atoms with E-state index in [1.807, 2.05) is 6.07 Å². The maximum atomic E-state index is 9.08. The van der Waals surface area contributed by atoms with Gasteiger partial charge < -0.3 is 4.74 Å². The number of hydrogen-bond donors (Lipinski definition) is 0. The first-order valence-corrected chi connectivity index (χ1v) is 5.96. The van der Waals surface area contributed by atoms with Crippen LogP contribution in [-0.4, -0.2) is 11.1 Å². The molecule has 2 aliphatic rings. The molecular weight excluding hydrogens is 200 g/mol. The Kier molecular flexibility index (Phi) is 2.28. The van der Waals surface area contributed by atoms with E-state index < -0.39 is 0 Å². The topological polar surface area (TPSA) is 45.9 Å². The van der Waals surface area contributed by atoms with Gasteiger partial charge in [-0.15, -0.1) is 0 Å². The molecule has 0 radical (unpaired) electrons. The lowest BCUT2D eigenvalue weighted by atomic mass is 9.96. The fourth-order valence-electron chi connectivity index (χ4n) is 2.27. The Hall–Kier alpha value is -1.56. The summed E-state index contributed by atoms with van der Waals surface area (Å²) < 4.78 is 5.76. The zero-order valence-electron chi connectivity index (χ0n) is 9.20. The monoisotopic (exact) mass is 214 g/mol. The van der Waals surface area contributed by atoms with E-state index in [1.165, 1.54) is 12.0 Å². The van der Waals surface area contributed by atoms with Gasteiger partial charge in [-0.1, -0.05) is 0 Å². The lowest BCUT2D eigenvalue weighted by Gasteiger charge is -2.26. The van der Waals surface area contributed by atoms with Gasteiger partial charge in [0.1, 0.15) is 17.7 Å². The smallest absolute Gasteiger partial charge is 0.232 e. The Morgan fingerprint density at radius 3 is 2.88 bits per heavy atom. The average Bonchev–Trinajstić information content (AvgIpc) is 2.68. The van der Waals surface area contributed by atoms with Gasteiger partial charge >= 0.3 is 0 Å². The van der Waals surface area contributed by atoms with Crippen molar-refractivity contribution in [1.29, 1.82) is 5.26 Å².